The molecule has 0 radical (unpaired) electrons. The summed E-state index contributed by atoms with van der Waals surface area (Å²) in [5.74, 6) is 0. The van der Waals surface area contributed by atoms with E-state index in [1.807, 2.05) is 24.1 Å². The quantitative estimate of drug-likeness (QED) is 0.182. The Kier molecular flexibility index (Phi) is 7.43. The van der Waals surface area contributed by atoms with Crippen molar-refractivity contribution >= 4 is 28.4 Å². The van der Waals surface area contributed by atoms with Crippen LogP contribution in [0.3, 0.4) is 0 Å². The zero-order valence-corrected chi connectivity index (χ0v) is 26.8. The van der Waals surface area contributed by atoms with Crippen molar-refractivity contribution in [3.63, 3.8) is 0 Å². The van der Waals surface area contributed by atoms with E-state index < -0.39 is 11.7 Å². The van der Waals surface area contributed by atoms with E-state index in [1.165, 1.54) is 51.1 Å². The number of para-hydroxylation sites is 1. The van der Waals surface area contributed by atoms with E-state index in [-0.39, 0.29) is 5.41 Å². The van der Waals surface area contributed by atoms with Gasteiger partial charge in [-0.3, -0.25) is 0 Å². The predicted molar refractivity (Wildman–Crippen MR) is 188 cm³/mol. The Hall–Kier alpha value is -5.29. The van der Waals surface area contributed by atoms with E-state index in [2.05, 4.69) is 129 Å². The van der Waals surface area contributed by atoms with Gasteiger partial charge in [-0.1, -0.05) is 86.1 Å². The number of aryl methyl sites for hydroxylation is 1. The van der Waals surface area contributed by atoms with Gasteiger partial charge in [0.15, 0.2) is 0 Å². The van der Waals surface area contributed by atoms with Gasteiger partial charge < -0.3 is 9.80 Å². The Balaban J connectivity index is 1.24. The van der Waals surface area contributed by atoms with Gasteiger partial charge in [-0.15, -0.1) is 0 Å². The van der Waals surface area contributed by atoms with Crippen LogP contribution >= 0.6 is 0 Å². The molecule has 1 aliphatic carbocycles. The fraction of sp³-hybridized carbons (Fsp3) is 0.143. The Morgan fingerprint density at radius 3 is 1.55 bits per heavy atom. The van der Waals surface area contributed by atoms with Crippen LogP contribution in [0.1, 0.15) is 36.1 Å². The molecule has 6 aromatic rings. The maximum absolute atomic E-state index is 13.2. The van der Waals surface area contributed by atoms with Crippen molar-refractivity contribution in [2.45, 2.75) is 32.4 Å². The van der Waals surface area contributed by atoms with Gasteiger partial charge in [0, 0.05) is 40.9 Å². The van der Waals surface area contributed by atoms with Crippen LogP contribution in [0.4, 0.5) is 41.6 Å². The molecule has 0 unspecified atom stereocenters. The molecule has 0 aromatic heterocycles. The summed E-state index contributed by atoms with van der Waals surface area (Å²) in [6.45, 7) is 6.58. The normalized spacial score (nSPS) is 13.2. The molecule has 7 rings (SSSR count). The van der Waals surface area contributed by atoms with Gasteiger partial charge in [0.1, 0.15) is 0 Å². The molecular weight excluding hydrogens is 589 g/mol. The maximum Gasteiger partial charge on any atom is 0.416 e. The molecular formula is C42H35F3N2. The van der Waals surface area contributed by atoms with E-state index in [1.54, 1.807) is 0 Å². The fourth-order valence-electron chi connectivity index (χ4n) is 6.66. The molecule has 0 amide bonds. The molecule has 0 bridgehead atoms. The molecule has 0 spiro atoms. The molecule has 0 aliphatic heterocycles. The van der Waals surface area contributed by atoms with Crippen molar-refractivity contribution < 1.29 is 13.2 Å². The Labute approximate surface area is 274 Å². The first-order valence-electron chi connectivity index (χ1n) is 15.7. The van der Waals surface area contributed by atoms with Crippen LogP contribution in [0.5, 0.6) is 0 Å². The second kappa shape index (κ2) is 11.5. The number of fused-ring (bicyclic) bond motifs is 3. The van der Waals surface area contributed by atoms with Crippen LogP contribution in [0.25, 0.3) is 22.3 Å². The highest BCUT2D eigenvalue weighted by molar-refractivity contribution is 5.87. The lowest BCUT2D eigenvalue weighted by Crippen LogP contribution is -2.17. The number of benzene rings is 6. The second-order valence-corrected chi connectivity index (χ2v) is 12.8. The lowest BCUT2D eigenvalue weighted by atomic mass is 9.82. The van der Waals surface area contributed by atoms with Crippen LogP contribution < -0.4 is 9.80 Å². The highest BCUT2D eigenvalue weighted by Crippen LogP contribution is 2.52. The maximum atomic E-state index is 13.2. The van der Waals surface area contributed by atoms with E-state index >= 15 is 0 Å². The molecule has 1 aliphatic rings. The van der Waals surface area contributed by atoms with E-state index in [0.717, 1.165) is 34.9 Å². The third kappa shape index (κ3) is 5.56. The molecule has 0 fully saturated rings. The first-order chi connectivity index (χ1) is 22.5. The van der Waals surface area contributed by atoms with Gasteiger partial charge in [-0.05, 0) is 113 Å². The van der Waals surface area contributed by atoms with Crippen molar-refractivity contribution in [1.29, 1.82) is 0 Å². The standard InChI is InChI=1S/C42H35F3N2/c1-28-10-12-29(13-11-28)30-14-18-34(19-15-30)47(33-8-6-5-7-9-33)36-23-25-38-37-24-22-35(26-39(37)41(2,3)40(38)27-36)46(4)32-20-16-31(17-21-32)42(43,44)45/h5-27H,1-4H3. The third-order valence-electron chi connectivity index (χ3n) is 9.40. The molecule has 47 heavy (non-hydrogen) atoms. The van der Waals surface area contributed by atoms with Crippen molar-refractivity contribution in [1.82, 2.24) is 0 Å². The summed E-state index contributed by atoms with van der Waals surface area (Å²) in [6.07, 6.45) is -4.36. The van der Waals surface area contributed by atoms with E-state index in [9.17, 15) is 13.2 Å². The minimum absolute atomic E-state index is 0.296. The molecule has 0 saturated carbocycles. The molecule has 0 heterocycles. The van der Waals surface area contributed by atoms with Gasteiger partial charge in [-0.25, -0.2) is 0 Å². The first kappa shape index (κ1) is 30.4. The zero-order valence-electron chi connectivity index (χ0n) is 26.8. The average Bonchev–Trinajstić information content (AvgIpc) is 3.30. The summed E-state index contributed by atoms with van der Waals surface area (Å²) in [4.78, 5) is 4.23. The number of halogens is 3. The van der Waals surface area contributed by atoms with Gasteiger partial charge in [0.25, 0.3) is 0 Å². The van der Waals surface area contributed by atoms with Crippen LogP contribution in [-0.2, 0) is 11.6 Å². The topological polar surface area (TPSA) is 6.48 Å². The fourth-order valence-corrected chi connectivity index (χ4v) is 6.66. The minimum Gasteiger partial charge on any atom is -0.345 e. The number of alkyl halides is 3. The van der Waals surface area contributed by atoms with Gasteiger partial charge >= 0.3 is 6.18 Å². The number of anilines is 5. The van der Waals surface area contributed by atoms with Gasteiger partial charge in [-0.2, -0.15) is 13.2 Å². The first-order valence-corrected chi connectivity index (χ1v) is 15.7. The van der Waals surface area contributed by atoms with E-state index in [4.69, 9.17) is 0 Å². The van der Waals surface area contributed by atoms with Gasteiger partial charge in [0.05, 0.1) is 5.56 Å². The summed E-state index contributed by atoms with van der Waals surface area (Å²) in [5, 5.41) is 0. The van der Waals surface area contributed by atoms with Crippen LogP contribution in [0.2, 0.25) is 0 Å². The van der Waals surface area contributed by atoms with Crippen molar-refractivity contribution in [3.05, 3.63) is 162 Å². The zero-order chi connectivity index (χ0) is 32.9. The number of hydrogen-bond donors (Lipinski definition) is 0. The summed E-state index contributed by atoms with van der Waals surface area (Å²) < 4.78 is 39.5. The molecule has 0 N–H and O–H groups in total. The lowest BCUT2D eigenvalue weighted by molar-refractivity contribution is -0.137. The molecule has 5 heteroatoms. The predicted octanol–water partition coefficient (Wildman–Crippen LogP) is 12.2. The highest BCUT2D eigenvalue weighted by Gasteiger charge is 2.36. The summed E-state index contributed by atoms with van der Waals surface area (Å²) in [6, 6.07) is 46.1. The monoisotopic (exact) mass is 624 g/mol. The minimum atomic E-state index is -4.36. The molecule has 6 aromatic carbocycles. The Morgan fingerprint density at radius 1 is 0.511 bits per heavy atom. The number of nitrogens with zero attached hydrogens (tertiary/aromatic N) is 2. The summed E-state index contributed by atoms with van der Waals surface area (Å²) in [7, 11) is 1.89. The van der Waals surface area contributed by atoms with Crippen LogP contribution in [0, 0.1) is 6.92 Å². The summed E-state index contributed by atoms with van der Waals surface area (Å²) in [5.41, 5.74) is 12.3. The second-order valence-electron chi connectivity index (χ2n) is 12.8. The molecule has 0 atom stereocenters. The number of rotatable bonds is 6. The molecule has 0 saturated heterocycles. The van der Waals surface area contributed by atoms with Crippen molar-refractivity contribution in [3.8, 4) is 22.3 Å². The smallest absolute Gasteiger partial charge is 0.345 e. The SMILES string of the molecule is Cc1ccc(-c2ccc(N(c3ccccc3)c3ccc4c(c3)C(C)(C)c3cc(N(C)c5ccc(C(F)(F)F)cc5)ccc3-4)cc2)cc1. The lowest BCUT2D eigenvalue weighted by Gasteiger charge is -2.28. The largest absolute Gasteiger partial charge is 0.416 e. The third-order valence-corrected chi connectivity index (χ3v) is 9.40. The highest BCUT2D eigenvalue weighted by atomic mass is 19.4. The Bertz CT molecular complexity index is 2040. The van der Waals surface area contributed by atoms with Crippen LogP contribution in [0.15, 0.2) is 140 Å². The average molecular weight is 625 g/mol. The van der Waals surface area contributed by atoms with Gasteiger partial charge in [0.2, 0.25) is 0 Å². The Morgan fingerprint density at radius 2 is 0.979 bits per heavy atom. The summed E-state index contributed by atoms with van der Waals surface area (Å²) >= 11 is 0. The van der Waals surface area contributed by atoms with E-state index in [0.29, 0.717) is 5.69 Å². The number of hydrogen-bond acceptors (Lipinski definition) is 2. The molecule has 2 nitrogen and oxygen atoms in total. The molecule has 234 valence electrons. The van der Waals surface area contributed by atoms with Crippen molar-refractivity contribution in [2.75, 3.05) is 16.8 Å². The van der Waals surface area contributed by atoms with Crippen molar-refractivity contribution in [2.24, 2.45) is 0 Å². The van der Waals surface area contributed by atoms with Crippen LogP contribution in [-0.4, -0.2) is 7.05 Å².